The molecule has 0 spiro atoms. The van der Waals surface area contributed by atoms with Gasteiger partial charge in [0, 0.05) is 12.6 Å². The molecule has 2 N–H and O–H groups in total. The molecular weight excluding hydrogens is 224 g/mol. The third-order valence-corrected chi connectivity index (χ3v) is 3.91. The highest BCUT2D eigenvalue weighted by Crippen LogP contribution is 2.16. The lowest BCUT2D eigenvalue weighted by atomic mass is 10.0. The molecule has 1 aliphatic rings. The van der Waals surface area contributed by atoms with Crippen LogP contribution in [0.1, 0.15) is 30.9 Å². The standard InChI is InChI=1S/C15H24N2O/c1-17-10-6-5-9-14(17)11-16-15(12-18)13-7-3-2-4-8-13/h2-4,7-8,14-16,18H,5-6,9-12H2,1H3/t14?,15-/m1/s1. The maximum atomic E-state index is 9.50. The summed E-state index contributed by atoms with van der Waals surface area (Å²) in [5.41, 5.74) is 1.17. The molecule has 100 valence electrons. The number of rotatable bonds is 5. The van der Waals surface area contributed by atoms with Crippen molar-refractivity contribution in [2.45, 2.75) is 31.3 Å². The second-order valence-electron chi connectivity index (χ2n) is 5.18. The largest absolute Gasteiger partial charge is 0.394 e. The first-order chi connectivity index (χ1) is 8.81. The first-order valence-electron chi connectivity index (χ1n) is 6.90. The van der Waals surface area contributed by atoms with Gasteiger partial charge in [-0.05, 0) is 32.0 Å². The first-order valence-corrected chi connectivity index (χ1v) is 6.90. The van der Waals surface area contributed by atoms with Crippen LogP contribution < -0.4 is 5.32 Å². The van der Waals surface area contributed by atoms with Crippen molar-refractivity contribution in [3.63, 3.8) is 0 Å². The van der Waals surface area contributed by atoms with Crippen LogP contribution >= 0.6 is 0 Å². The minimum absolute atomic E-state index is 0.0570. The molecule has 1 unspecified atom stereocenters. The minimum Gasteiger partial charge on any atom is -0.394 e. The van der Waals surface area contributed by atoms with Crippen molar-refractivity contribution < 1.29 is 5.11 Å². The maximum absolute atomic E-state index is 9.50. The summed E-state index contributed by atoms with van der Waals surface area (Å²) in [7, 11) is 2.20. The molecule has 0 amide bonds. The van der Waals surface area contributed by atoms with Gasteiger partial charge < -0.3 is 15.3 Å². The van der Waals surface area contributed by atoms with E-state index in [-0.39, 0.29) is 12.6 Å². The Balaban J connectivity index is 1.87. The lowest BCUT2D eigenvalue weighted by Gasteiger charge is -2.33. The fourth-order valence-electron chi connectivity index (χ4n) is 2.65. The smallest absolute Gasteiger partial charge is 0.0626 e. The van der Waals surface area contributed by atoms with E-state index < -0.39 is 0 Å². The molecular formula is C15H24N2O. The molecule has 3 heteroatoms. The van der Waals surface area contributed by atoms with Crippen molar-refractivity contribution in [3.05, 3.63) is 35.9 Å². The van der Waals surface area contributed by atoms with Gasteiger partial charge in [0.2, 0.25) is 0 Å². The van der Waals surface area contributed by atoms with E-state index in [1.807, 2.05) is 18.2 Å². The number of nitrogens with one attached hydrogen (secondary N) is 1. The van der Waals surface area contributed by atoms with E-state index in [1.165, 1.54) is 31.4 Å². The highest BCUT2D eigenvalue weighted by atomic mass is 16.3. The molecule has 1 aromatic carbocycles. The molecule has 2 atom stereocenters. The van der Waals surface area contributed by atoms with Gasteiger partial charge in [-0.1, -0.05) is 36.8 Å². The van der Waals surface area contributed by atoms with E-state index in [1.54, 1.807) is 0 Å². The second-order valence-corrected chi connectivity index (χ2v) is 5.18. The van der Waals surface area contributed by atoms with Gasteiger partial charge in [0.15, 0.2) is 0 Å². The summed E-state index contributed by atoms with van der Waals surface area (Å²) >= 11 is 0. The highest BCUT2D eigenvalue weighted by Gasteiger charge is 2.20. The third-order valence-electron chi connectivity index (χ3n) is 3.91. The molecule has 1 heterocycles. The van der Waals surface area contributed by atoms with E-state index in [0.29, 0.717) is 6.04 Å². The van der Waals surface area contributed by atoms with Crippen molar-refractivity contribution >= 4 is 0 Å². The Morgan fingerprint density at radius 1 is 1.33 bits per heavy atom. The average Bonchev–Trinajstić information content (AvgIpc) is 2.42. The van der Waals surface area contributed by atoms with Gasteiger partial charge in [-0.25, -0.2) is 0 Å². The topological polar surface area (TPSA) is 35.5 Å². The molecule has 2 rings (SSSR count). The molecule has 1 fully saturated rings. The Kier molecular flexibility index (Phi) is 5.17. The quantitative estimate of drug-likeness (QED) is 0.834. The van der Waals surface area contributed by atoms with E-state index in [0.717, 1.165) is 6.54 Å². The van der Waals surface area contributed by atoms with Crippen molar-refractivity contribution in [1.82, 2.24) is 10.2 Å². The summed E-state index contributed by atoms with van der Waals surface area (Å²) in [6.07, 6.45) is 3.90. The van der Waals surface area contributed by atoms with Crippen molar-refractivity contribution in [1.29, 1.82) is 0 Å². The van der Waals surface area contributed by atoms with Crippen molar-refractivity contribution in [3.8, 4) is 0 Å². The molecule has 0 radical (unpaired) electrons. The number of aliphatic hydroxyl groups is 1. The van der Waals surface area contributed by atoms with Crippen LogP contribution in [-0.4, -0.2) is 42.8 Å². The lowest BCUT2D eigenvalue weighted by molar-refractivity contribution is 0.167. The molecule has 1 saturated heterocycles. The van der Waals surface area contributed by atoms with Gasteiger partial charge in [-0.15, -0.1) is 0 Å². The van der Waals surface area contributed by atoms with Gasteiger partial charge in [0.1, 0.15) is 0 Å². The predicted octanol–water partition coefficient (Wildman–Crippen LogP) is 1.79. The number of benzene rings is 1. The van der Waals surface area contributed by atoms with Crippen molar-refractivity contribution in [2.75, 3.05) is 26.7 Å². The minimum atomic E-state index is 0.0570. The van der Waals surface area contributed by atoms with Crippen LogP contribution in [0.15, 0.2) is 30.3 Å². The number of nitrogens with zero attached hydrogens (tertiary/aromatic N) is 1. The van der Waals surface area contributed by atoms with Crippen LogP contribution in [0.5, 0.6) is 0 Å². The molecule has 18 heavy (non-hydrogen) atoms. The van der Waals surface area contributed by atoms with Gasteiger partial charge in [-0.3, -0.25) is 0 Å². The lowest BCUT2D eigenvalue weighted by Crippen LogP contribution is -2.44. The summed E-state index contributed by atoms with van der Waals surface area (Å²) < 4.78 is 0. The fourth-order valence-corrected chi connectivity index (χ4v) is 2.65. The number of likely N-dealkylation sites (tertiary alicyclic amines) is 1. The SMILES string of the molecule is CN1CCCCC1CN[C@H](CO)c1ccccc1. The average molecular weight is 248 g/mol. The maximum Gasteiger partial charge on any atom is 0.0626 e. The number of aliphatic hydroxyl groups excluding tert-OH is 1. The predicted molar refractivity (Wildman–Crippen MR) is 74.5 cm³/mol. The van der Waals surface area contributed by atoms with E-state index in [4.69, 9.17) is 0 Å². The van der Waals surface area contributed by atoms with E-state index >= 15 is 0 Å². The Morgan fingerprint density at radius 3 is 2.78 bits per heavy atom. The van der Waals surface area contributed by atoms with Gasteiger partial charge in [-0.2, -0.15) is 0 Å². The Morgan fingerprint density at radius 2 is 2.11 bits per heavy atom. The summed E-state index contributed by atoms with van der Waals surface area (Å²) in [6, 6.07) is 10.8. The number of piperidine rings is 1. The van der Waals surface area contributed by atoms with E-state index in [2.05, 4.69) is 29.4 Å². The zero-order chi connectivity index (χ0) is 12.8. The van der Waals surface area contributed by atoms with Crippen LogP contribution in [0.25, 0.3) is 0 Å². The zero-order valence-corrected chi connectivity index (χ0v) is 11.2. The fraction of sp³-hybridized carbons (Fsp3) is 0.600. The molecule has 0 aliphatic carbocycles. The molecule has 1 aliphatic heterocycles. The Hall–Kier alpha value is -0.900. The molecule has 0 saturated carbocycles. The van der Waals surface area contributed by atoms with Crippen LogP contribution in [-0.2, 0) is 0 Å². The van der Waals surface area contributed by atoms with Crippen LogP contribution in [0, 0.1) is 0 Å². The Bertz CT molecular complexity index is 342. The summed E-state index contributed by atoms with van der Waals surface area (Å²) in [6.45, 7) is 2.30. The second kappa shape index (κ2) is 6.88. The van der Waals surface area contributed by atoms with Crippen LogP contribution in [0.4, 0.5) is 0 Å². The van der Waals surface area contributed by atoms with Gasteiger partial charge >= 0.3 is 0 Å². The zero-order valence-electron chi connectivity index (χ0n) is 11.2. The van der Waals surface area contributed by atoms with Crippen LogP contribution in [0.3, 0.4) is 0 Å². The number of hydrogen-bond donors (Lipinski definition) is 2. The summed E-state index contributed by atoms with van der Waals surface area (Å²) in [5.74, 6) is 0. The molecule has 0 bridgehead atoms. The monoisotopic (exact) mass is 248 g/mol. The molecule has 3 nitrogen and oxygen atoms in total. The van der Waals surface area contributed by atoms with E-state index in [9.17, 15) is 5.11 Å². The molecule has 1 aromatic rings. The first kappa shape index (κ1) is 13.5. The van der Waals surface area contributed by atoms with Gasteiger partial charge in [0.25, 0.3) is 0 Å². The summed E-state index contributed by atoms with van der Waals surface area (Å²) in [5, 5.41) is 13.0. The normalized spacial score (nSPS) is 22.9. The van der Waals surface area contributed by atoms with Crippen LogP contribution in [0.2, 0.25) is 0 Å². The third kappa shape index (κ3) is 3.55. The highest BCUT2D eigenvalue weighted by molar-refractivity contribution is 5.18. The Labute approximate surface area is 110 Å². The number of hydrogen-bond acceptors (Lipinski definition) is 3. The number of likely N-dealkylation sites (N-methyl/N-ethyl adjacent to an activating group) is 1. The van der Waals surface area contributed by atoms with Crippen molar-refractivity contribution in [2.24, 2.45) is 0 Å². The van der Waals surface area contributed by atoms with Gasteiger partial charge in [0.05, 0.1) is 12.6 Å². The summed E-state index contributed by atoms with van der Waals surface area (Å²) in [4.78, 5) is 2.43. The molecule has 0 aromatic heterocycles.